The molecule has 0 fully saturated rings. The van der Waals surface area contributed by atoms with Crippen molar-refractivity contribution < 1.29 is 22.5 Å². The van der Waals surface area contributed by atoms with E-state index < -0.39 is 0 Å². The Bertz CT molecular complexity index is 28.6. The van der Waals surface area contributed by atoms with Crippen LogP contribution in [-0.2, 0) is 22.5 Å². The van der Waals surface area contributed by atoms with Crippen LogP contribution in [0.1, 0.15) is 0 Å². The van der Waals surface area contributed by atoms with E-state index in [4.69, 9.17) is 10.4 Å². The molecule has 0 aromatic carbocycles. The quantitative estimate of drug-likeness (QED) is 0.242. The van der Waals surface area contributed by atoms with E-state index in [1.807, 2.05) is 0 Å². The van der Waals surface area contributed by atoms with Gasteiger partial charge in [-0.3, -0.25) is 5.53 Å². The van der Waals surface area contributed by atoms with Gasteiger partial charge in [-0.15, -0.1) is 0 Å². The summed E-state index contributed by atoms with van der Waals surface area (Å²) in [6.07, 6.45) is 0. The molecular formula is MnN2O2. The molecule has 0 unspecified atom stereocenters. The van der Waals surface area contributed by atoms with Crippen molar-refractivity contribution >= 4 is 0 Å². The van der Waals surface area contributed by atoms with Gasteiger partial charge in [0.25, 0.3) is 0 Å². The fourth-order valence-electron chi connectivity index (χ4n) is 0. The van der Waals surface area contributed by atoms with Crippen molar-refractivity contribution in [3.05, 3.63) is 10.4 Å². The van der Waals surface area contributed by atoms with Crippen LogP contribution in [0.25, 0.3) is 5.53 Å². The first-order valence-electron chi connectivity index (χ1n) is 0.383. The van der Waals surface area contributed by atoms with Crippen molar-refractivity contribution in [2.24, 2.45) is 0 Å². The third-order valence-electron chi connectivity index (χ3n) is 0. The second-order valence-corrected chi connectivity index (χ2v) is 0.0816. The Morgan fingerprint density at radius 3 is 1.60 bits per heavy atom. The molecule has 0 saturated carbocycles. The predicted molar refractivity (Wildman–Crippen MR) is 9.55 cm³/mol. The number of hydrogen-bond acceptors (Lipinski definition) is 1. The summed E-state index contributed by atoms with van der Waals surface area (Å²) >= 11 is 0. The van der Waals surface area contributed by atoms with Crippen molar-refractivity contribution in [1.29, 1.82) is 0 Å². The molecule has 5 heteroatoms. The van der Waals surface area contributed by atoms with Gasteiger partial charge in [0, 0.05) is 0 Å². The number of nitrogens with zero attached hydrogens (tertiary/aromatic N) is 2. The van der Waals surface area contributed by atoms with Crippen LogP contribution >= 0.6 is 0 Å². The summed E-state index contributed by atoms with van der Waals surface area (Å²) in [7, 11) is 0. The maximum absolute atomic E-state index is 8.11. The molecule has 0 rings (SSSR count). The molecular weight excluding hydrogens is 115 g/mol. The molecule has 0 aromatic heterocycles. The van der Waals surface area contributed by atoms with Crippen LogP contribution in [0.5, 0.6) is 0 Å². The first-order valence-corrected chi connectivity index (χ1v) is 0.383. The summed E-state index contributed by atoms with van der Waals surface area (Å²) in [5.41, 5.74) is 6.64. The van der Waals surface area contributed by atoms with Crippen molar-refractivity contribution in [1.82, 2.24) is 4.97 Å². The van der Waals surface area contributed by atoms with Crippen LogP contribution in [0.3, 0.4) is 0 Å². The van der Waals surface area contributed by atoms with E-state index in [0.29, 0.717) is 0 Å². The van der Waals surface area contributed by atoms with Crippen molar-refractivity contribution in [2.75, 3.05) is 0 Å². The van der Waals surface area contributed by atoms with Crippen molar-refractivity contribution in [3.8, 4) is 0 Å². The molecule has 0 spiro atoms. The minimum atomic E-state index is 0. The average molecular weight is 115 g/mol. The zero-order valence-corrected chi connectivity index (χ0v) is 3.27. The van der Waals surface area contributed by atoms with E-state index in [9.17, 15) is 0 Å². The predicted octanol–water partition coefficient (Wildman–Crippen LogP) is -0.280. The Kier molecular flexibility index (Phi) is 203. The van der Waals surface area contributed by atoms with Gasteiger partial charge in [0.1, 0.15) is 4.97 Å². The summed E-state index contributed by atoms with van der Waals surface area (Å²) in [6, 6.07) is 0. The fraction of sp³-hybridized carbons (Fsp3) is 0. The molecule has 0 atom stereocenters. The van der Waals surface area contributed by atoms with E-state index in [2.05, 4.69) is 0 Å². The van der Waals surface area contributed by atoms with Gasteiger partial charge in [0.2, 0.25) is 0 Å². The molecule has 29 valence electrons. The second kappa shape index (κ2) is 47.3. The topological polar surface area (TPSA) is 82.0 Å². The van der Waals surface area contributed by atoms with Gasteiger partial charge in [0.05, 0.1) is 0 Å². The molecule has 0 bridgehead atoms. The first kappa shape index (κ1) is 21.5. The summed E-state index contributed by atoms with van der Waals surface area (Å²) in [4.78, 5) is 9.36. The van der Waals surface area contributed by atoms with Crippen molar-refractivity contribution in [3.63, 3.8) is 0 Å². The smallest absolute Gasteiger partial charge is 2.00 e. The molecule has 0 heterocycles. The molecule has 0 amide bonds. The van der Waals surface area contributed by atoms with Gasteiger partial charge >= 0.3 is 17.1 Å². The third-order valence-corrected chi connectivity index (χ3v) is 0. The number of rotatable bonds is 0. The van der Waals surface area contributed by atoms with Gasteiger partial charge in [-0.05, 0) is 0 Å². The van der Waals surface area contributed by atoms with Gasteiger partial charge in [-0.1, -0.05) is 0 Å². The first-order chi connectivity index (χ1) is 1.41. The Hall–Kier alpha value is -0.211. The fourth-order valence-corrected chi connectivity index (χ4v) is 0. The van der Waals surface area contributed by atoms with E-state index in [-0.39, 0.29) is 22.5 Å². The SMILES string of the molecule is [Mn+2].[N-]=[N+]=O.[O-2]. The van der Waals surface area contributed by atoms with Gasteiger partial charge < -0.3 is 5.48 Å². The largest absolute Gasteiger partial charge is 2.00 e. The maximum atomic E-state index is 8.11. The van der Waals surface area contributed by atoms with Crippen LogP contribution < -0.4 is 4.97 Å². The van der Waals surface area contributed by atoms with E-state index in [0.717, 1.165) is 0 Å². The molecule has 0 N–H and O–H groups in total. The molecule has 4 nitrogen and oxygen atoms in total. The summed E-state index contributed by atoms with van der Waals surface area (Å²) in [5.74, 6) is 0. The Balaban J connectivity index is -0.0000000200. The second-order valence-electron chi connectivity index (χ2n) is 0.0816. The molecule has 1 radical (unpaired) electrons. The maximum Gasteiger partial charge on any atom is 2.00 e. The Labute approximate surface area is 38.8 Å². The van der Waals surface area contributed by atoms with Gasteiger partial charge in [-0.2, -0.15) is 0 Å². The zero-order chi connectivity index (χ0) is 2.71. The van der Waals surface area contributed by atoms with Crippen molar-refractivity contribution in [2.45, 2.75) is 0 Å². The van der Waals surface area contributed by atoms with Crippen LogP contribution in [0.4, 0.5) is 0 Å². The molecule has 0 aliphatic carbocycles. The summed E-state index contributed by atoms with van der Waals surface area (Å²) in [6.45, 7) is 0. The average Bonchev–Trinajstić information content (AvgIpc) is 0.918. The third kappa shape index (κ3) is 274. The monoisotopic (exact) mass is 115 g/mol. The number of nitroso groups, excluding NO2 is 1. The molecule has 0 saturated heterocycles. The molecule has 0 aromatic rings. The molecule has 0 aliphatic heterocycles. The minimum absolute atomic E-state index is 0. The van der Waals surface area contributed by atoms with E-state index in [1.54, 1.807) is 0 Å². The van der Waals surface area contributed by atoms with E-state index in [1.165, 1.54) is 4.97 Å². The minimum Gasteiger partial charge on any atom is -2.00 e. The molecule has 0 aliphatic rings. The van der Waals surface area contributed by atoms with Crippen LogP contribution in [0.15, 0.2) is 0 Å². The zero-order valence-electron chi connectivity index (χ0n) is 2.09. The Morgan fingerprint density at radius 1 is 1.60 bits per heavy atom. The Morgan fingerprint density at radius 2 is 1.60 bits per heavy atom. The van der Waals surface area contributed by atoms with Crippen LogP contribution in [0.2, 0.25) is 0 Å². The number of hydrogen-bond donors (Lipinski definition) is 0. The normalized spacial score (nSPS) is 1.60. The summed E-state index contributed by atoms with van der Waals surface area (Å²) < 4.78 is 0. The van der Waals surface area contributed by atoms with E-state index >= 15 is 0 Å². The molecule has 5 heavy (non-hydrogen) atoms. The summed E-state index contributed by atoms with van der Waals surface area (Å²) in [5, 5.41) is 0. The standard InChI is InChI=1S/Mn.N2O.O/c;1-2-3;/q+2;;-2. The van der Waals surface area contributed by atoms with Crippen LogP contribution in [-0.4, -0.2) is 0 Å². The van der Waals surface area contributed by atoms with Crippen LogP contribution in [0, 0.1) is 4.91 Å². The van der Waals surface area contributed by atoms with Gasteiger partial charge in [-0.25, -0.2) is 0 Å². The van der Waals surface area contributed by atoms with Gasteiger partial charge in [0.15, 0.2) is 4.91 Å².